The zero-order valence-electron chi connectivity index (χ0n) is 17.8. The first-order chi connectivity index (χ1) is 16.7. The third kappa shape index (κ3) is 5.64. The Morgan fingerprint density at radius 2 is 0.811 bits per heavy atom. The molecule has 3 aromatic rings. The standard InChI is InChI=1S/C22H13F12N3/c23-19(24,25)13-6-11(8-15(35)17(13)21(29,30)31)37(10-4-2-1-3-5-10)12-7-14(20(26,27)28)18(16(36)9-12)22(32,33)34/h1-9H,35-36H2. The largest absolute Gasteiger partial charge is 0.418 e. The molecular formula is C22H13F12N3. The van der Waals surface area contributed by atoms with E-state index in [1.54, 1.807) is 0 Å². The summed E-state index contributed by atoms with van der Waals surface area (Å²) in [6.07, 6.45) is -22.4. The van der Waals surface area contributed by atoms with E-state index in [2.05, 4.69) is 0 Å². The van der Waals surface area contributed by atoms with Crippen LogP contribution < -0.4 is 16.4 Å². The smallest absolute Gasteiger partial charge is 0.398 e. The summed E-state index contributed by atoms with van der Waals surface area (Å²) in [5.74, 6) is 0. The van der Waals surface area contributed by atoms with Crippen LogP contribution in [-0.2, 0) is 24.7 Å². The summed E-state index contributed by atoms with van der Waals surface area (Å²) in [4.78, 5) is 0.567. The van der Waals surface area contributed by atoms with E-state index in [1.165, 1.54) is 18.2 Å². The molecule has 3 nitrogen and oxygen atoms in total. The Balaban J connectivity index is 2.43. The number of para-hydroxylation sites is 1. The fourth-order valence-corrected chi connectivity index (χ4v) is 3.66. The van der Waals surface area contributed by atoms with Crippen LogP contribution in [-0.4, -0.2) is 0 Å². The van der Waals surface area contributed by atoms with E-state index in [-0.39, 0.29) is 17.8 Å². The summed E-state index contributed by atoms with van der Waals surface area (Å²) >= 11 is 0. The average molecular weight is 547 g/mol. The molecule has 0 unspecified atom stereocenters. The minimum Gasteiger partial charge on any atom is -0.398 e. The predicted molar refractivity (Wildman–Crippen MR) is 110 cm³/mol. The number of nitrogens with two attached hydrogens (primary N) is 2. The minimum absolute atomic E-state index is 0.0205. The summed E-state index contributed by atoms with van der Waals surface area (Å²) in [6.45, 7) is 0. The van der Waals surface area contributed by atoms with Gasteiger partial charge in [-0.1, -0.05) is 18.2 Å². The van der Waals surface area contributed by atoms with E-state index in [0.717, 1.165) is 12.1 Å². The van der Waals surface area contributed by atoms with Gasteiger partial charge in [0.05, 0.1) is 22.3 Å². The molecule has 0 fully saturated rings. The van der Waals surface area contributed by atoms with Crippen LogP contribution in [0, 0.1) is 0 Å². The van der Waals surface area contributed by atoms with E-state index < -0.39 is 69.7 Å². The van der Waals surface area contributed by atoms with Crippen LogP contribution >= 0.6 is 0 Å². The molecule has 0 saturated carbocycles. The Hall–Kier alpha value is -3.78. The molecule has 0 aliphatic heterocycles. The van der Waals surface area contributed by atoms with Crippen LogP contribution in [0.1, 0.15) is 22.3 Å². The Kier molecular flexibility index (Phi) is 6.73. The number of alkyl halides is 12. The van der Waals surface area contributed by atoms with Crippen molar-refractivity contribution in [1.29, 1.82) is 0 Å². The van der Waals surface area contributed by atoms with Gasteiger partial charge in [0.25, 0.3) is 0 Å². The predicted octanol–water partition coefficient (Wildman–Crippen LogP) is 8.40. The van der Waals surface area contributed by atoms with Crippen molar-refractivity contribution >= 4 is 28.4 Å². The van der Waals surface area contributed by atoms with Crippen LogP contribution in [0.2, 0.25) is 0 Å². The molecule has 0 amide bonds. The highest BCUT2D eigenvalue weighted by molar-refractivity contribution is 5.82. The van der Waals surface area contributed by atoms with Crippen LogP contribution in [0.3, 0.4) is 0 Å². The van der Waals surface area contributed by atoms with Gasteiger partial charge >= 0.3 is 24.7 Å². The number of hydrogen-bond acceptors (Lipinski definition) is 3. The summed E-state index contributed by atoms with van der Waals surface area (Å²) in [7, 11) is 0. The fraction of sp³-hybridized carbons (Fsp3) is 0.182. The molecule has 0 radical (unpaired) electrons. The fourth-order valence-electron chi connectivity index (χ4n) is 3.66. The summed E-state index contributed by atoms with van der Waals surface area (Å²) in [5.41, 5.74) is -3.08. The lowest BCUT2D eigenvalue weighted by Crippen LogP contribution is -2.22. The van der Waals surface area contributed by atoms with Crippen LogP contribution in [0.25, 0.3) is 0 Å². The Morgan fingerprint density at radius 3 is 1.11 bits per heavy atom. The molecule has 4 N–H and O–H groups in total. The lowest BCUT2D eigenvalue weighted by molar-refractivity contribution is -0.161. The highest BCUT2D eigenvalue weighted by Gasteiger charge is 2.47. The molecule has 37 heavy (non-hydrogen) atoms. The van der Waals surface area contributed by atoms with Gasteiger partial charge in [-0.2, -0.15) is 52.7 Å². The first-order valence-electron chi connectivity index (χ1n) is 9.74. The topological polar surface area (TPSA) is 55.3 Å². The van der Waals surface area contributed by atoms with Crippen LogP contribution in [0.15, 0.2) is 54.6 Å². The maximum atomic E-state index is 13.6. The third-order valence-corrected chi connectivity index (χ3v) is 5.02. The number of anilines is 5. The monoisotopic (exact) mass is 547 g/mol. The highest BCUT2D eigenvalue weighted by atomic mass is 19.4. The first-order valence-corrected chi connectivity index (χ1v) is 9.74. The Bertz CT molecular complexity index is 1210. The molecule has 0 heterocycles. The molecule has 3 rings (SSSR count). The molecule has 0 aliphatic rings. The zero-order chi connectivity index (χ0) is 28.1. The van der Waals surface area contributed by atoms with Crippen molar-refractivity contribution in [1.82, 2.24) is 0 Å². The second kappa shape index (κ2) is 8.95. The quantitative estimate of drug-likeness (QED) is 0.256. The van der Waals surface area contributed by atoms with Crippen molar-refractivity contribution in [3.05, 3.63) is 76.9 Å². The van der Waals surface area contributed by atoms with Gasteiger partial charge in [0.2, 0.25) is 0 Å². The lowest BCUT2D eigenvalue weighted by Gasteiger charge is -2.29. The van der Waals surface area contributed by atoms with Gasteiger partial charge in [-0.3, -0.25) is 0 Å². The van der Waals surface area contributed by atoms with Gasteiger partial charge in [0.1, 0.15) is 0 Å². The number of hydrogen-bond donors (Lipinski definition) is 2. The average Bonchev–Trinajstić information content (AvgIpc) is 2.70. The van der Waals surface area contributed by atoms with E-state index in [9.17, 15) is 52.7 Å². The second-order valence-corrected chi connectivity index (χ2v) is 7.58. The van der Waals surface area contributed by atoms with Gasteiger partial charge < -0.3 is 16.4 Å². The van der Waals surface area contributed by atoms with Crippen LogP contribution in [0.5, 0.6) is 0 Å². The van der Waals surface area contributed by atoms with Gasteiger partial charge in [-0.25, -0.2) is 0 Å². The van der Waals surface area contributed by atoms with Gasteiger partial charge in [-0.15, -0.1) is 0 Å². The van der Waals surface area contributed by atoms with Crippen molar-refractivity contribution < 1.29 is 52.7 Å². The molecular weight excluding hydrogens is 534 g/mol. The lowest BCUT2D eigenvalue weighted by atomic mass is 10.00. The van der Waals surface area contributed by atoms with E-state index in [0.29, 0.717) is 17.0 Å². The molecule has 15 heteroatoms. The molecule has 0 saturated heterocycles. The molecule has 0 atom stereocenters. The van der Waals surface area contributed by atoms with Crippen molar-refractivity contribution in [2.24, 2.45) is 0 Å². The SMILES string of the molecule is Nc1cc(N(c2ccccc2)c2cc(N)c(C(F)(F)F)c(C(F)(F)F)c2)cc(C(F)(F)F)c1C(F)(F)F. The minimum atomic E-state index is -5.62. The van der Waals surface area contributed by atoms with Crippen molar-refractivity contribution in [2.75, 3.05) is 16.4 Å². The van der Waals surface area contributed by atoms with Crippen molar-refractivity contribution in [3.63, 3.8) is 0 Å². The van der Waals surface area contributed by atoms with Gasteiger partial charge in [-0.05, 0) is 36.4 Å². The maximum absolute atomic E-state index is 13.6. The van der Waals surface area contributed by atoms with Gasteiger partial charge in [0, 0.05) is 28.4 Å². The molecule has 3 aromatic carbocycles. The second-order valence-electron chi connectivity index (χ2n) is 7.58. The van der Waals surface area contributed by atoms with E-state index >= 15 is 0 Å². The number of nitrogens with zero attached hydrogens (tertiary/aromatic N) is 1. The maximum Gasteiger partial charge on any atom is 0.418 e. The van der Waals surface area contributed by atoms with E-state index in [1.807, 2.05) is 0 Å². The molecule has 200 valence electrons. The summed E-state index contributed by atoms with van der Waals surface area (Å²) in [6, 6.07) is 7.01. The van der Waals surface area contributed by atoms with Crippen molar-refractivity contribution in [3.8, 4) is 0 Å². The number of benzene rings is 3. The first kappa shape index (κ1) is 27.8. The molecule has 0 spiro atoms. The van der Waals surface area contributed by atoms with Crippen LogP contribution in [0.4, 0.5) is 81.1 Å². The van der Waals surface area contributed by atoms with Gasteiger partial charge in [0.15, 0.2) is 0 Å². The van der Waals surface area contributed by atoms with E-state index in [4.69, 9.17) is 11.5 Å². The summed E-state index contributed by atoms with van der Waals surface area (Å²) < 4.78 is 162. The Labute approximate surface area is 199 Å². The summed E-state index contributed by atoms with van der Waals surface area (Å²) in [5, 5.41) is 0. The van der Waals surface area contributed by atoms with Crippen molar-refractivity contribution in [2.45, 2.75) is 24.7 Å². The number of rotatable bonds is 3. The third-order valence-electron chi connectivity index (χ3n) is 5.02. The molecule has 0 bridgehead atoms. The number of nitrogen functional groups attached to an aromatic ring is 2. The highest BCUT2D eigenvalue weighted by Crippen LogP contribution is 2.50. The number of halogens is 12. The normalized spacial score (nSPS) is 13.1. The zero-order valence-corrected chi connectivity index (χ0v) is 17.8. The molecule has 0 aliphatic carbocycles. The Morgan fingerprint density at radius 1 is 0.459 bits per heavy atom. The molecule has 0 aromatic heterocycles.